The average Bonchev–Trinajstić information content (AvgIpc) is 3.06. The van der Waals surface area contributed by atoms with Gasteiger partial charge in [-0.1, -0.05) is 36.4 Å². The van der Waals surface area contributed by atoms with E-state index in [4.69, 9.17) is 4.42 Å². The SMILES string of the molecule is O=C(Cc1coc2ccccc12)N1CCN(c2ccccc2)CC1. The molecule has 1 aliphatic rings. The summed E-state index contributed by atoms with van der Waals surface area (Å²) < 4.78 is 5.53. The predicted octanol–water partition coefficient (Wildman–Crippen LogP) is 3.32. The van der Waals surface area contributed by atoms with E-state index in [2.05, 4.69) is 29.2 Å². The van der Waals surface area contributed by atoms with Crippen LogP contribution in [0.2, 0.25) is 0 Å². The Morgan fingerprint density at radius 2 is 1.62 bits per heavy atom. The third kappa shape index (κ3) is 2.87. The zero-order valence-corrected chi connectivity index (χ0v) is 13.5. The third-order valence-corrected chi connectivity index (χ3v) is 4.66. The number of anilines is 1. The van der Waals surface area contributed by atoms with Gasteiger partial charge in [-0.2, -0.15) is 0 Å². The molecule has 24 heavy (non-hydrogen) atoms. The van der Waals surface area contributed by atoms with Crippen molar-refractivity contribution in [1.29, 1.82) is 0 Å². The number of hydrogen-bond donors (Lipinski definition) is 0. The van der Waals surface area contributed by atoms with Crippen LogP contribution in [-0.4, -0.2) is 37.0 Å². The van der Waals surface area contributed by atoms with Crippen LogP contribution in [0, 0.1) is 0 Å². The lowest BCUT2D eigenvalue weighted by atomic mass is 10.1. The number of amides is 1. The predicted molar refractivity (Wildman–Crippen MR) is 95.2 cm³/mol. The Bertz CT molecular complexity index is 833. The summed E-state index contributed by atoms with van der Waals surface area (Å²) >= 11 is 0. The normalized spacial score (nSPS) is 15.0. The first kappa shape index (κ1) is 14.8. The molecule has 0 atom stereocenters. The summed E-state index contributed by atoms with van der Waals surface area (Å²) in [6.45, 7) is 3.29. The highest BCUT2D eigenvalue weighted by atomic mass is 16.3. The van der Waals surface area contributed by atoms with Gasteiger partial charge in [0.15, 0.2) is 0 Å². The largest absolute Gasteiger partial charge is 0.464 e. The molecule has 2 aromatic carbocycles. The van der Waals surface area contributed by atoms with Crippen molar-refractivity contribution in [2.45, 2.75) is 6.42 Å². The first-order chi connectivity index (χ1) is 11.8. The number of hydrogen-bond acceptors (Lipinski definition) is 3. The van der Waals surface area contributed by atoms with Crippen molar-refractivity contribution in [3.05, 3.63) is 66.4 Å². The number of piperazine rings is 1. The molecule has 0 bridgehead atoms. The van der Waals surface area contributed by atoms with E-state index in [9.17, 15) is 4.79 Å². The van der Waals surface area contributed by atoms with Crippen LogP contribution >= 0.6 is 0 Å². The fourth-order valence-electron chi connectivity index (χ4n) is 3.30. The number of rotatable bonds is 3. The van der Waals surface area contributed by atoms with Crippen LogP contribution in [0.3, 0.4) is 0 Å². The Balaban J connectivity index is 1.40. The summed E-state index contributed by atoms with van der Waals surface area (Å²) in [5.41, 5.74) is 3.04. The van der Waals surface area contributed by atoms with Gasteiger partial charge in [0.1, 0.15) is 5.58 Å². The zero-order valence-electron chi connectivity index (χ0n) is 13.5. The highest BCUT2D eigenvalue weighted by Crippen LogP contribution is 2.22. The van der Waals surface area contributed by atoms with Gasteiger partial charge in [-0.3, -0.25) is 4.79 Å². The van der Waals surface area contributed by atoms with Gasteiger partial charge in [0.25, 0.3) is 0 Å². The standard InChI is InChI=1S/C20H20N2O2/c23-20(14-16-15-24-19-9-5-4-8-18(16)19)22-12-10-21(11-13-22)17-6-2-1-3-7-17/h1-9,15H,10-14H2. The fourth-order valence-corrected chi connectivity index (χ4v) is 3.30. The van der Waals surface area contributed by atoms with Gasteiger partial charge in [-0.15, -0.1) is 0 Å². The van der Waals surface area contributed by atoms with E-state index in [-0.39, 0.29) is 5.91 Å². The lowest BCUT2D eigenvalue weighted by molar-refractivity contribution is -0.130. The molecule has 4 rings (SSSR count). The van der Waals surface area contributed by atoms with E-state index < -0.39 is 0 Å². The second-order valence-corrected chi connectivity index (χ2v) is 6.14. The summed E-state index contributed by atoms with van der Waals surface area (Å²) in [6, 6.07) is 18.2. The maximum absolute atomic E-state index is 12.6. The lowest BCUT2D eigenvalue weighted by Gasteiger charge is -2.36. The van der Waals surface area contributed by atoms with Gasteiger partial charge < -0.3 is 14.2 Å². The number of carbonyl (C=O) groups excluding carboxylic acids is 1. The molecule has 0 saturated carbocycles. The number of benzene rings is 2. The highest BCUT2D eigenvalue weighted by Gasteiger charge is 2.22. The van der Waals surface area contributed by atoms with Crippen LogP contribution in [0.25, 0.3) is 11.0 Å². The molecule has 122 valence electrons. The van der Waals surface area contributed by atoms with Gasteiger partial charge in [0, 0.05) is 42.8 Å². The summed E-state index contributed by atoms with van der Waals surface area (Å²) in [6.07, 6.45) is 2.12. The van der Waals surface area contributed by atoms with Crippen molar-refractivity contribution in [1.82, 2.24) is 4.90 Å². The summed E-state index contributed by atoms with van der Waals surface area (Å²) in [7, 11) is 0. The van der Waals surface area contributed by atoms with E-state index in [1.54, 1.807) is 6.26 Å². The molecule has 1 amide bonds. The first-order valence-corrected chi connectivity index (χ1v) is 8.34. The summed E-state index contributed by atoms with van der Waals surface area (Å²) in [4.78, 5) is 16.9. The molecule has 3 aromatic rings. The molecule has 1 fully saturated rings. The second-order valence-electron chi connectivity index (χ2n) is 6.14. The minimum Gasteiger partial charge on any atom is -0.464 e. The van der Waals surface area contributed by atoms with Gasteiger partial charge in [0.05, 0.1) is 12.7 Å². The number of furan rings is 1. The molecule has 0 aliphatic carbocycles. The number of fused-ring (bicyclic) bond motifs is 1. The molecule has 2 heterocycles. The van der Waals surface area contributed by atoms with E-state index in [1.807, 2.05) is 35.2 Å². The van der Waals surface area contributed by atoms with Crippen LogP contribution in [-0.2, 0) is 11.2 Å². The average molecular weight is 320 g/mol. The summed E-state index contributed by atoms with van der Waals surface area (Å²) in [5.74, 6) is 0.175. The minimum atomic E-state index is 0.175. The molecule has 0 unspecified atom stereocenters. The number of nitrogens with zero attached hydrogens (tertiary/aromatic N) is 2. The Kier molecular flexibility index (Phi) is 3.95. The fraction of sp³-hybridized carbons (Fsp3) is 0.250. The molecule has 0 spiro atoms. The van der Waals surface area contributed by atoms with Crippen molar-refractivity contribution < 1.29 is 9.21 Å². The second kappa shape index (κ2) is 6.40. The van der Waals surface area contributed by atoms with Crippen LogP contribution in [0.1, 0.15) is 5.56 Å². The van der Waals surface area contributed by atoms with Crippen molar-refractivity contribution in [3.63, 3.8) is 0 Å². The van der Waals surface area contributed by atoms with Crippen LogP contribution < -0.4 is 4.90 Å². The van der Waals surface area contributed by atoms with E-state index >= 15 is 0 Å². The maximum atomic E-state index is 12.6. The Morgan fingerprint density at radius 1 is 0.917 bits per heavy atom. The van der Waals surface area contributed by atoms with E-state index in [0.717, 1.165) is 42.7 Å². The number of carbonyl (C=O) groups is 1. The molecular weight excluding hydrogens is 300 g/mol. The van der Waals surface area contributed by atoms with Gasteiger partial charge >= 0.3 is 0 Å². The molecule has 0 N–H and O–H groups in total. The summed E-state index contributed by atoms with van der Waals surface area (Å²) in [5, 5.41) is 1.04. The topological polar surface area (TPSA) is 36.7 Å². The Hall–Kier alpha value is -2.75. The molecule has 0 radical (unpaired) electrons. The van der Waals surface area contributed by atoms with Crippen molar-refractivity contribution in [2.75, 3.05) is 31.1 Å². The monoisotopic (exact) mass is 320 g/mol. The van der Waals surface area contributed by atoms with Crippen LogP contribution in [0.15, 0.2) is 65.3 Å². The first-order valence-electron chi connectivity index (χ1n) is 8.34. The molecule has 1 aromatic heterocycles. The Labute approximate surface area is 141 Å². The minimum absolute atomic E-state index is 0.175. The molecule has 4 nitrogen and oxygen atoms in total. The lowest BCUT2D eigenvalue weighted by Crippen LogP contribution is -2.49. The highest BCUT2D eigenvalue weighted by molar-refractivity contribution is 5.87. The van der Waals surface area contributed by atoms with Crippen molar-refractivity contribution in [3.8, 4) is 0 Å². The molecule has 1 aliphatic heterocycles. The van der Waals surface area contributed by atoms with E-state index in [1.165, 1.54) is 5.69 Å². The zero-order chi connectivity index (χ0) is 16.4. The van der Waals surface area contributed by atoms with Gasteiger partial charge in [0.2, 0.25) is 5.91 Å². The van der Waals surface area contributed by atoms with Crippen LogP contribution in [0.5, 0.6) is 0 Å². The molecule has 4 heteroatoms. The molecule has 1 saturated heterocycles. The van der Waals surface area contributed by atoms with Gasteiger partial charge in [-0.05, 0) is 18.2 Å². The van der Waals surface area contributed by atoms with Crippen LogP contribution in [0.4, 0.5) is 5.69 Å². The molecular formula is C20H20N2O2. The third-order valence-electron chi connectivity index (χ3n) is 4.66. The maximum Gasteiger partial charge on any atom is 0.227 e. The van der Waals surface area contributed by atoms with Crippen molar-refractivity contribution >= 4 is 22.6 Å². The quantitative estimate of drug-likeness (QED) is 0.743. The smallest absolute Gasteiger partial charge is 0.227 e. The van der Waals surface area contributed by atoms with Gasteiger partial charge in [-0.25, -0.2) is 0 Å². The van der Waals surface area contributed by atoms with Crippen molar-refractivity contribution in [2.24, 2.45) is 0 Å². The van der Waals surface area contributed by atoms with E-state index in [0.29, 0.717) is 6.42 Å². The Morgan fingerprint density at radius 3 is 2.42 bits per heavy atom. The number of para-hydroxylation sites is 2.